The van der Waals surface area contributed by atoms with Crippen LogP contribution < -0.4 is 5.32 Å². The van der Waals surface area contributed by atoms with Crippen molar-refractivity contribution in [3.63, 3.8) is 0 Å². The summed E-state index contributed by atoms with van der Waals surface area (Å²) in [5.41, 5.74) is 2.45. The van der Waals surface area contributed by atoms with Crippen molar-refractivity contribution in [2.75, 3.05) is 0 Å². The third kappa shape index (κ3) is 2.49. The van der Waals surface area contributed by atoms with Crippen molar-refractivity contribution in [2.24, 2.45) is 0 Å². The summed E-state index contributed by atoms with van der Waals surface area (Å²) in [5, 5.41) is 4.75. The third-order valence-corrected chi connectivity index (χ3v) is 4.74. The van der Waals surface area contributed by atoms with Gasteiger partial charge in [-0.15, -0.1) is 11.3 Å². The Morgan fingerprint density at radius 2 is 2.10 bits per heavy atom. The van der Waals surface area contributed by atoms with Crippen LogP contribution in [0.1, 0.15) is 23.5 Å². The fraction of sp³-hybridized carbons (Fsp3) is 0.312. The number of para-hydroxylation sites is 1. The van der Waals surface area contributed by atoms with E-state index in [2.05, 4.69) is 46.4 Å². The molecule has 4 rings (SSSR count). The summed E-state index contributed by atoms with van der Waals surface area (Å²) in [6.45, 7) is 1.83. The maximum absolute atomic E-state index is 4.71. The summed E-state index contributed by atoms with van der Waals surface area (Å²) in [6, 6.07) is 13.4. The molecule has 20 heavy (non-hydrogen) atoms. The maximum atomic E-state index is 4.71. The second kappa shape index (κ2) is 5.04. The van der Waals surface area contributed by atoms with Gasteiger partial charge in [-0.1, -0.05) is 12.1 Å². The molecule has 1 aliphatic carbocycles. The molecule has 0 bridgehead atoms. The Bertz CT molecular complexity index is 691. The highest BCUT2D eigenvalue weighted by Crippen LogP contribution is 2.23. The lowest BCUT2D eigenvalue weighted by Gasteiger charge is -2.08. The Balaban J connectivity index is 1.53. The normalized spacial score (nSPS) is 15.0. The maximum Gasteiger partial charge on any atom is 0.114 e. The lowest BCUT2D eigenvalue weighted by molar-refractivity contribution is 0.634. The topological polar surface area (TPSA) is 29.9 Å². The van der Waals surface area contributed by atoms with Gasteiger partial charge in [-0.3, -0.25) is 0 Å². The van der Waals surface area contributed by atoms with Crippen molar-refractivity contribution in [1.29, 1.82) is 0 Å². The number of hydrogen-bond donors (Lipinski definition) is 1. The first-order chi connectivity index (χ1) is 9.88. The number of nitrogens with zero attached hydrogens (tertiary/aromatic N) is 2. The summed E-state index contributed by atoms with van der Waals surface area (Å²) >= 11 is 1.79. The summed E-state index contributed by atoms with van der Waals surface area (Å²) in [7, 11) is 0. The van der Waals surface area contributed by atoms with Crippen LogP contribution in [0.2, 0.25) is 0 Å². The predicted molar refractivity (Wildman–Crippen MR) is 83.0 cm³/mol. The number of benzene rings is 1. The minimum absolute atomic E-state index is 0.751. The van der Waals surface area contributed by atoms with E-state index in [-0.39, 0.29) is 0 Å². The average molecular weight is 283 g/mol. The van der Waals surface area contributed by atoms with E-state index in [1.807, 2.05) is 6.07 Å². The zero-order chi connectivity index (χ0) is 13.4. The Kier molecular flexibility index (Phi) is 3.05. The molecule has 0 aliphatic heterocycles. The molecule has 0 spiro atoms. The monoisotopic (exact) mass is 283 g/mol. The SMILES string of the molecule is c1ccc2sc(Cn3cccc3CNC3CC3)nc2c1. The van der Waals surface area contributed by atoms with Crippen molar-refractivity contribution in [1.82, 2.24) is 14.9 Å². The molecule has 0 unspecified atom stereocenters. The first-order valence-corrected chi connectivity index (χ1v) is 7.92. The first kappa shape index (κ1) is 12.1. The Morgan fingerprint density at radius 1 is 1.20 bits per heavy atom. The average Bonchev–Trinajstić information content (AvgIpc) is 3.04. The highest BCUT2D eigenvalue weighted by Gasteiger charge is 2.20. The smallest absolute Gasteiger partial charge is 0.114 e. The molecular formula is C16H17N3S. The van der Waals surface area contributed by atoms with E-state index in [1.165, 1.54) is 28.2 Å². The minimum Gasteiger partial charge on any atom is -0.343 e. The van der Waals surface area contributed by atoms with Crippen molar-refractivity contribution >= 4 is 21.6 Å². The van der Waals surface area contributed by atoms with Crippen molar-refractivity contribution in [2.45, 2.75) is 32.0 Å². The molecule has 3 aromatic rings. The van der Waals surface area contributed by atoms with Gasteiger partial charge in [0.25, 0.3) is 0 Å². The van der Waals surface area contributed by atoms with Gasteiger partial charge in [0.15, 0.2) is 0 Å². The molecular weight excluding hydrogens is 266 g/mol. The molecule has 0 atom stereocenters. The largest absolute Gasteiger partial charge is 0.343 e. The molecule has 2 aromatic heterocycles. The molecule has 3 nitrogen and oxygen atoms in total. The van der Waals surface area contributed by atoms with Crippen LogP contribution in [0, 0.1) is 0 Å². The van der Waals surface area contributed by atoms with Gasteiger partial charge in [0.05, 0.1) is 16.8 Å². The van der Waals surface area contributed by atoms with Crippen molar-refractivity contribution in [3.8, 4) is 0 Å². The third-order valence-electron chi connectivity index (χ3n) is 3.72. The molecule has 1 aromatic carbocycles. The van der Waals surface area contributed by atoms with E-state index >= 15 is 0 Å². The van der Waals surface area contributed by atoms with Gasteiger partial charge in [0.2, 0.25) is 0 Å². The number of fused-ring (bicyclic) bond motifs is 1. The standard InChI is InChI=1S/C16H17N3S/c1-2-6-15-14(5-1)18-16(20-15)11-19-9-3-4-13(19)10-17-12-7-8-12/h1-6,9,12,17H,7-8,10-11H2. The van der Waals surface area contributed by atoms with Crippen LogP contribution >= 0.6 is 11.3 Å². The van der Waals surface area contributed by atoms with E-state index in [9.17, 15) is 0 Å². The van der Waals surface area contributed by atoms with Gasteiger partial charge in [0.1, 0.15) is 5.01 Å². The molecule has 1 fully saturated rings. The lowest BCUT2D eigenvalue weighted by Crippen LogP contribution is -2.18. The molecule has 2 heterocycles. The quantitative estimate of drug-likeness (QED) is 0.778. The van der Waals surface area contributed by atoms with Crippen LogP contribution in [0.5, 0.6) is 0 Å². The number of rotatable bonds is 5. The zero-order valence-electron chi connectivity index (χ0n) is 11.2. The number of nitrogens with one attached hydrogen (secondary N) is 1. The van der Waals surface area contributed by atoms with E-state index < -0.39 is 0 Å². The summed E-state index contributed by atoms with van der Waals surface area (Å²) in [4.78, 5) is 4.71. The molecule has 0 saturated heterocycles. The second-order valence-corrected chi connectivity index (χ2v) is 6.47. The summed E-state index contributed by atoms with van der Waals surface area (Å²) in [5.74, 6) is 0. The van der Waals surface area contributed by atoms with Gasteiger partial charge in [-0.05, 0) is 37.1 Å². The highest BCUT2D eigenvalue weighted by atomic mass is 32.1. The first-order valence-electron chi connectivity index (χ1n) is 7.10. The summed E-state index contributed by atoms with van der Waals surface area (Å²) in [6.07, 6.45) is 4.81. The predicted octanol–water partition coefficient (Wildman–Crippen LogP) is 3.40. The highest BCUT2D eigenvalue weighted by molar-refractivity contribution is 7.18. The van der Waals surface area contributed by atoms with E-state index in [0.29, 0.717) is 0 Å². The lowest BCUT2D eigenvalue weighted by atomic mass is 10.3. The second-order valence-electron chi connectivity index (χ2n) is 5.36. The van der Waals surface area contributed by atoms with Crippen LogP contribution in [-0.4, -0.2) is 15.6 Å². The minimum atomic E-state index is 0.751. The van der Waals surface area contributed by atoms with E-state index in [1.54, 1.807) is 11.3 Å². The Morgan fingerprint density at radius 3 is 2.95 bits per heavy atom. The number of aromatic nitrogens is 2. The zero-order valence-corrected chi connectivity index (χ0v) is 12.1. The van der Waals surface area contributed by atoms with Gasteiger partial charge in [-0.2, -0.15) is 0 Å². The van der Waals surface area contributed by atoms with Gasteiger partial charge < -0.3 is 9.88 Å². The fourth-order valence-electron chi connectivity index (χ4n) is 2.43. The molecule has 1 aliphatic rings. The van der Waals surface area contributed by atoms with Gasteiger partial charge in [-0.25, -0.2) is 4.98 Å². The van der Waals surface area contributed by atoms with Crippen LogP contribution in [-0.2, 0) is 13.1 Å². The van der Waals surface area contributed by atoms with Crippen molar-refractivity contribution in [3.05, 3.63) is 53.3 Å². The van der Waals surface area contributed by atoms with Crippen molar-refractivity contribution < 1.29 is 0 Å². The molecule has 0 amide bonds. The molecule has 1 saturated carbocycles. The van der Waals surface area contributed by atoms with E-state index in [4.69, 9.17) is 4.98 Å². The van der Waals surface area contributed by atoms with Crippen LogP contribution in [0.3, 0.4) is 0 Å². The van der Waals surface area contributed by atoms with Crippen LogP contribution in [0.25, 0.3) is 10.2 Å². The molecule has 4 heteroatoms. The number of hydrogen-bond acceptors (Lipinski definition) is 3. The number of thiazole rings is 1. The summed E-state index contributed by atoms with van der Waals surface area (Å²) < 4.78 is 3.57. The van der Waals surface area contributed by atoms with E-state index in [0.717, 1.165) is 24.6 Å². The van der Waals surface area contributed by atoms with Gasteiger partial charge in [0, 0.05) is 24.5 Å². The molecule has 102 valence electrons. The molecule has 1 N–H and O–H groups in total. The van der Waals surface area contributed by atoms with Crippen LogP contribution in [0.15, 0.2) is 42.6 Å². The van der Waals surface area contributed by atoms with Crippen LogP contribution in [0.4, 0.5) is 0 Å². The Labute approximate surface area is 122 Å². The molecule has 0 radical (unpaired) electrons. The fourth-order valence-corrected chi connectivity index (χ4v) is 3.40. The van der Waals surface area contributed by atoms with Gasteiger partial charge >= 0.3 is 0 Å². The Hall–Kier alpha value is -1.65.